The van der Waals surface area contributed by atoms with E-state index < -0.39 is 11.8 Å². The molecule has 9 heteroatoms. The topological polar surface area (TPSA) is 91.7 Å². The molecule has 1 saturated heterocycles. The van der Waals surface area contributed by atoms with Gasteiger partial charge >= 0.3 is 0 Å². The van der Waals surface area contributed by atoms with E-state index in [0.29, 0.717) is 32.6 Å². The minimum Gasteiger partial charge on any atom is -0.493 e. The average molecular weight is 539 g/mol. The van der Waals surface area contributed by atoms with E-state index in [9.17, 15) is 14.9 Å². The van der Waals surface area contributed by atoms with Crippen LogP contribution in [0.1, 0.15) is 16.7 Å². The van der Waals surface area contributed by atoms with Crippen molar-refractivity contribution in [1.29, 1.82) is 5.26 Å². The van der Waals surface area contributed by atoms with Crippen molar-refractivity contribution >= 4 is 51.1 Å². The molecule has 0 spiro atoms. The summed E-state index contributed by atoms with van der Waals surface area (Å²) in [6.07, 6.45) is 1.44. The summed E-state index contributed by atoms with van der Waals surface area (Å²) in [6, 6.07) is 19.6. The van der Waals surface area contributed by atoms with Crippen molar-refractivity contribution < 1.29 is 19.1 Å². The van der Waals surface area contributed by atoms with Gasteiger partial charge in [-0.1, -0.05) is 48.0 Å². The van der Waals surface area contributed by atoms with Gasteiger partial charge in [-0.05, 0) is 51.8 Å². The van der Waals surface area contributed by atoms with E-state index in [0.717, 1.165) is 0 Å². The Bertz CT molecular complexity index is 1350. The number of nitriles is 1. The highest BCUT2D eigenvalue weighted by molar-refractivity contribution is 9.10. The number of nitrogens with one attached hydrogen (secondary N) is 1. The van der Waals surface area contributed by atoms with Gasteiger partial charge in [0.1, 0.15) is 17.2 Å². The van der Waals surface area contributed by atoms with E-state index in [2.05, 4.69) is 27.4 Å². The highest BCUT2D eigenvalue weighted by Crippen LogP contribution is 2.44. The average Bonchev–Trinajstić information content (AvgIpc) is 3.15. The van der Waals surface area contributed by atoms with Crippen molar-refractivity contribution in [1.82, 2.24) is 5.43 Å². The van der Waals surface area contributed by atoms with E-state index >= 15 is 0 Å². The number of hydrogen-bond donors (Lipinski definition) is 1. The third-order valence-corrected chi connectivity index (χ3v) is 6.53. The molecule has 1 heterocycles. The normalized spacial score (nSPS) is 14.2. The second kappa shape index (κ2) is 10.00. The number of methoxy groups -OCH3 is 1. The second-order valence-corrected chi connectivity index (χ2v) is 8.33. The van der Waals surface area contributed by atoms with Gasteiger partial charge in [-0.25, -0.2) is 5.01 Å². The number of carbonyl (C=O) groups is 2. The Morgan fingerprint density at radius 2 is 1.85 bits per heavy atom. The molecule has 3 aromatic carbocycles. The molecular formula is C25H17BrClN3O4. The van der Waals surface area contributed by atoms with E-state index in [1.807, 2.05) is 12.1 Å². The zero-order valence-electron chi connectivity index (χ0n) is 17.8. The van der Waals surface area contributed by atoms with Crippen molar-refractivity contribution in [3.05, 3.63) is 92.4 Å². The van der Waals surface area contributed by atoms with Crippen molar-refractivity contribution in [3.63, 3.8) is 0 Å². The molecule has 0 radical (unpaired) electrons. The molecule has 2 amide bonds. The summed E-state index contributed by atoms with van der Waals surface area (Å²) in [4.78, 5) is 25.4. The summed E-state index contributed by atoms with van der Waals surface area (Å²) in [5.74, 6) is -0.463. The van der Waals surface area contributed by atoms with Gasteiger partial charge in [-0.15, -0.1) is 0 Å². The van der Waals surface area contributed by atoms with Crippen molar-refractivity contribution in [2.45, 2.75) is 6.61 Å². The molecule has 170 valence electrons. The van der Waals surface area contributed by atoms with Crippen LogP contribution in [0.25, 0.3) is 6.08 Å². The predicted molar refractivity (Wildman–Crippen MR) is 131 cm³/mol. The maximum Gasteiger partial charge on any atom is 0.282 e. The Morgan fingerprint density at radius 1 is 1.15 bits per heavy atom. The van der Waals surface area contributed by atoms with Crippen LogP contribution >= 0.6 is 27.5 Å². The van der Waals surface area contributed by atoms with Gasteiger partial charge in [0.15, 0.2) is 11.5 Å². The molecule has 0 aromatic heterocycles. The number of nitrogens with zero attached hydrogens (tertiary/aromatic N) is 2. The molecule has 1 aliphatic heterocycles. The number of para-hydroxylation sites is 1. The van der Waals surface area contributed by atoms with Crippen LogP contribution in [0.3, 0.4) is 0 Å². The fourth-order valence-electron chi connectivity index (χ4n) is 3.37. The smallest absolute Gasteiger partial charge is 0.282 e. The minimum atomic E-state index is -0.538. The van der Waals surface area contributed by atoms with Crippen LogP contribution in [0.15, 0.2) is 70.7 Å². The van der Waals surface area contributed by atoms with Crippen molar-refractivity contribution in [2.24, 2.45) is 0 Å². The van der Waals surface area contributed by atoms with Crippen LogP contribution in [0.5, 0.6) is 11.5 Å². The first-order valence-electron chi connectivity index (χ1n) is 10.0. The summed E-state index contributed by atoms with van der Waals surface area (Å²) in [5, 5.41) is 10.7. The number of hydrogen-bond acceptors (Lipinski definition) is 5. The first kappa shape index (κ1) is 23.4. The molecule has 0 unspecified atom stereocenters. The van der Waals surface area contributed by atoms with Gasteiger partial charge in [-0.3, -0.25) is 15.0 Å². The Kier molecular flexibility index (Phi) is 6.87. The van der Waals surface area contributed by atoms with Crippen LogP contribution in [-0.4, -0.2) is 18.9 Å². The molecule has 0 saturated carbocycles. The van der Waals surface area contributed by atoms with E-state index in [1.165, 1.54) is 18.2 Å². The van der Waals surface area contributed by atoms with Crippen LogP contribution in [0, 0.1) is 11.3 Å². The second-order valence-electron chi connectivity index (χ2n) is 7.16. The quantitative estimate of drug-likeness (QED) is 0.351. The monoisotopic (exact) mass is 537 g/mol. The molecule has 7 nitrogen and oxygen atoms in total. The maximum atomic E-state index is 12.9. The molecule has 1 aliphatic rings. The van der Waals surface area contributed by atoms with Gasteiger partial charge in [0.2, 0.25) is 0 Å². The fourth-order valence-corrected chi connectivity index (χ4v) is 4.04. The highest BCUT2D eigenvalue weighted by atomic mass is 79.9. The number of benzene rings is 3. The van der Waals surface area contributed by atoms with Gasteiger partial charge < -0.3 is 9.47 Å². The third kappa shape index (κ3) is 4.49. The van der Waals surface area contributed by atoms with Crippen LogP contribution in [0.2, 0.25) is 5.02 Å². The number of ether oxygens (including phenoxy) is 2. The number of carbonyl (C=O) groups excluding carboxylic acids is 2. The lowest BCUT2D eigenvalue weighted by molar-refractivity contribution is -0.117. The van der Waals surface area contributed by atoms with Crippen molar-refractivity contribution in [3.8, 4) is 17.6 Å². The molecule has 0 bridgehead atoms. The molecule has 0 aliphatic carbocycles. The van der Waals surface area contributed by atoms with Gasteiger partial charge in [0.05, 0.1) is 24.4 Å². The number of rotatable bonds is 6. The lowest BCUT2D eigenvalue weighted by Crippen LogP contribution is -2.35. The molecule has 1 N–H and O–H groups in total. The predicted octanol–water partition coefficient (Wildman–Crippen LogP) is 5.02. The van der Waals surface area contributed by atoms with Gasteiger partial charge in [0, 0.05) is 10.0 Å². The summed E-state index contributed by atoms with van der Waals surface area (Å²) in [6.45, 7) is 0.0968. The van der Waals surface area contributed by atoms with E-state index in [1.54, 1.807) is 48.5 Å². The largest absolute Gasteiger partial charge is 0.493 e. The molecule has 4 rings (SSSR count). The Balaban J connectivity index is 1.66. The zero-order chi connectivity index (χ0) is 24.2. The first-order valence-corrected chi connectivity index (χ1v) is 11.2. The summed E-state index contributed by atoms with van der Waals surface area (Å²) >= 11 is 10.00. The Hall–Kier alpha value is -3.80. The Labute approximate surface area is 209 Å². The summed E-state index contributed by atoms with van der Waals surface area (Å²) in [5.41, 5.74) is 4.69. The number of hydrazine groups is 1. The first-order chi connectivity index (χ1) is 16.4. The van der Waals surface area contributed by atoms with Gasteiger partial charge in [-0.2, -0.15) is 5.26 Å². The summed E-state index contributed by atoms with van der Waals surface area (Å²) in [7, 11) is 1.46. The van der Waals surface area contributed by atoms with Crippen LogP contribution in [0.4, 0.5) is 5.69 Å². The molecule has 3 aromatic rings. The Morgan fingerprint density at radius 3 is 2.56 bits per heavy atom. The standard InChI is InChI=1S/C25H17BrClN3O4/c1-33-20-12-17(11-19-24(31)29-30(25(19)32)18-9-3-2-4-10-18)21(26)22(27)23(20)34-14-16-8-6-5-7-15(16)13-28/h2-12H,14H2,1H3,(H,29,31)/b19-11-. The van der Waals surface area contributed by atoms with Crippen LogP contribution in [-0.2, 0) is 16.2 Å². The highest BCUT2D eigenvalue weighted by Gasteiger charge is 2.34. The molecule has 0 atom stereocenters. The lowest BCUT2D eigenvalue weighted by atomic mass is 10.1. The van der Waals surface area contributed by atoms with Crippen LogP contribution < -0.4 is 19.9 Å². The molecule has 34 heavy (non-hydrogen) atoms. The lowest BCUT2D eigenvalue weighted by Gasteiger charge is -2.16. The number of anilines is 1. The minimum absolute atomic E-state index is 0.0562. The van der Waals surface area contributed by atoms with E-state index in [4.69, 9.17) is 21.1 Å². The molecular weight excluding hydrogens is 522 g/mol. The van der Waals surface area contributed by atoms with Gasteiger partial charge in [0.25, 0.3) is 11.8 Å². The maximum absolute atomic E-state index is 12.9. The van der Waals surface area contributed by atoms with E-state index in [-0.39, 0.29) is 23.0 Å². The fraction of sp³-hybridized carbons (Fsp3) is 0.0800. The summed E-state index contributed by atoms with van der Waals surface area (Å²) < 4.78 is 11.8. The zero-order valence-corrected chi connectivity index (χ0v) is 20.2. The number of amides is 2. The van der Waals surface area contributed by atoms with Crippen molar-refractivity contribution in [2.75, 3.05) is 12.1 Å². The third-order valence-electron chi connectivity index (χ3n) is 5.09. The SMILES string of the molecule is COc1cc(/C=C2/C(=O)NN(c3ccccc3)C2=O)c(Br)c(Cl)c1OCc1ccccc1C#N. The number of halogens is 2. The molecule has 1 fully saturated rings.